The summed E-state index contributed by atoms with van der Waals surface area (Å²) in [6.45, 7) is 8.11. The smallest absolute Gasteiger partial charge is 0.323 e. The Morgan fingerprint density at radius 2 is 1.63 bits per heavy atom. The van der Waals surface area contributed by atoms with Gasteiger partial charge in [-0.1, -0.05) is 87.5 Å². The summed E-state index contributed by atoms with van der Waals surface area (Å²) in [5, 5.41) is 5.03. The molecule has 0 amide bonds. The standard InChI is InChI=1S/C24H28NO3PS/c1-18(23(26)27-17-19-11-6-5-7-12-19)25-29(30,24(2,3)4)28-22-16-10-14-20-13-8-9-15-21(20)22/h5-16,18H,17H2,1-4H3,(H,25,30)/t18-,29?/m1/s1. The van der Waals surface area contributed by atoms with Crippen LogP contribution < -0.4 is 9.61 Å². The Kier molecular flexibility index (Phi) is 6.97. The quantitative estimate of drug-likeness (QED) is 0.357. The number of nitrogens with one attached hydrogen (secondary N) is 1. The molecule has 0 aliphatic rings. The number of rotatable bonds is 7. The molecule has 0 aromatic heterocycles. The molecule has 0 aliphatic heterocycles. The zero-order valence-electron chi connectivity index (χ0n) is 17.8. The molecule has 3 aromatic carbocycles. The molecular formula is C24H28NO3PS. The number of carbonyl (C=O) groups excluding carboxylic acids is 1. The molecular weight excluding hydrogens is 413 g/mol. The first-order valence-electron chi connectivity index (χ1n) is 9.95. The Bertz CT molecular complexity index is 1060. The first-order valence-corrected chi connectivity index (χ1v) is 12.7. The van der Waals surface area contributed by atoms with Gasteiger partial charge in [0.1, 0.15) is 18.4 Å². The summed E-state index contributed by atoms with van der Waals surface area (Å²) in [5.41, 5.74) is 0.945. The van der Waals surface area contributed by atoms with E-state index in [1.807, 2.05) is 93.6 Å². The van der Waals surface area contributed by atoms with Crippen molar-refractivity contribution >= 4 is 35.0 Å². The zero-order valence-corrected chi connectivity index (χ0v) is 19.5. The molecule has 1 N–H and O–H groups in total. The van der Waals surface area contributed by atoms with Crippen LogP contribution in [0.5, 0.6) is 5.75 Å². The minimum Gasteiger partial charge on any atom is -0.460 e. The summed E-state index contributed by atoms with van der Waals surface area (Å²) < 4.78 is 12.0. The van der Waals surface area contributed by atoms with Crippen molar-refractivity contribution in [1.82, 2.24) is 5.09 Å². The molecule has 30 heavy (non-hydrogen) atoms. The Morgan fingerprint density at radius 1 is 1.00 bits per heavy atom. The van der Waals surface area contributed by atoms with E-state index in [0.29, 0.717) is 0 Å². The predicted molar refractivity (Wildman–Crippen MR) is 127 cm³/mol. The van der Waals surface area contributed by atoms with Gasteiger partial charge in [-0.15, -0.1) is 0 Å². The minimum atomic E-state index is -2.65. The maximum Gasteiger partial charge on any atom is 0.323 e. The van der Waals surface area contributed by atoms with E-state index in [4.69, 9.17) is 21.1 Å². The highest BCUT2D eigenvalue weighted by Gasteiger charge is 2.37. The fraction of sp³-hybridized carbons (Fsp3) is 0.292. The molecule has 0 bridgehead atoms. The lowest BCUT2D eigenvalue weighted by Crippen LogP contribution is -2.39. The van der Waals surface area contributed by atoms with Crippen LogP contribution in [0.3, 0.4) is 0 Å². The molecule has 1 unspecified atom stereocenters. The summed E-state index contributed by atoms with van der Waals surface area (Å²) in [4.78, 5) is 12.6. The number of ether oxygens (including phenoxy) is 1. The minimum absolute atomic E-state index is 0.230. The van der Waals surface area contributed by atoms with E-state index in [-0.39, 0.29) is 17.7 Å². The largest absolute Gasteiger partial charge is 0.460 e. The monoisotopic (exact) mass is 441 g/mol. The molecule has 0 radical (unpaired) electrons. The molecule has 0 fully saturated rings. The van der Waals surface area contributed by atoms with Crippen molar-refractivity contribution in [2.75, 3.05) is 0 Å². The Labute approximate surface area is 183 Å². The third kappa shape index (κ3) is 5.28. The van der Waals surface area contributed by atoms with E-state index in [0.717, 1.165) is 22.1 Å². The van der Waals surface area contributed by atoms with E-state index in [1.165, 1.54) is 0 Å². The topological polar surface area (TPSA) is 47.6 Å². The SMILES string of the molecule is C[C@@H](NP(=S)(Oc1cccc2ccccc12)C(C)(C)C)C(=O)OCc1ccccc1. The van der Waals surface area contributed by atoms with Gasteiger partial charge in [-0.3, -0.25) is 4.79 Å². The molecule has 0 saturated heterocycles. The van der Waals surface area contributed by atoms with E-state index in [2.05, 4.69) is 5.09 Å². The Hall–Kier alpha value is -2.20. The molecule has 0 spiro atoms. The second-order valence-electron chi connectivity index (χ2n) is 8.23. The van der Waals surface area contributed by atoms with Crippen LogP contribution in [0.15, 0.2) is 72.8 Å². The lowest BCUT2D eigenvalue weighted by atomic mass is 10.1. The molecule has 2 atom stereocenters. The third-order valence-corrected chi connectivity index (χ3v) is 9.93. The fourth-order valence-electron chi connectivity index (χ4n) is 2.93. The van der Waals surface area contributed by atoms with Gasteiger partial charge in [-0.05, 0) is 35.7 Å². The van der Waals surface area contributed by atoms with Crippen LogP contribution in [-0.4, -0.2) is 17.2 Å². The van der Waals surface area contributed by atoms with Gasteiger partial charge in [0.05, 0.1) is 0 Å². The highest BCUT2D eigenvalue weighted by atomic mass is 32.4. The zero-order chi connectivity index (χ0) is 21.8. The molecule has 6 heteroatoms. The highest BCUT2D eigenvalue weighted by Crippen LogP contribution is 2.56. The normalized spacial score (nSPS) is 14.7. The van der Waals surface area contributed by atoms with Crippen LogP contribution in [0.25, 0.3) is 10.8 Å². The summed E-state index contributed by atoms with van der Waals surface area (Å²) in [5.74, 6) is 0.377. The summed E-state index contributed by atoms with van der Waals surface area (Å²) in [6, 6.07) is 23.0. The number of benzene rings is 3. The van der Waals surface area contributed by atoms with Crippen molar-refractivity contribution in [2.45, 2.75) is 45.5 Å². The van der Waals surface area contributed by atoms with Crippen LogP contribution in [0.4, 0.5) is 0 Å². The van der Waals surface area contributed by atoms with E-state index >= 15 is 0 Å². The molecule has 0 saturated carbocycles. The van der Waals surface area contributed by atoms with E-state index in [1.54, 1.807) is 6.92 Å². The van der Waals surface area contributed by atoms with Crippen molar-refractivity contribution in [2.24, 2.45) is 0 Å². The van der Waals surface area contributed by atoms with Gasteiger partial charge in [0.2, 0.25) is 0 Å². The third-order valence-electron chi connectivity index (χ3n) is 4.80. The molecule has 0 heterocycles. The molecule has 3 aromatic rings. The van der Waals surface area contributed by atoms with Gasteiger partial charge in [0, 0.05) is 10.5 Å². The van der Waals surface area contributed by atoms with Crippen LogP contribution in [0.1, 0.15) is 33.3 Å². The number of hydrogen-bond acceptors (Lipinski definition) is 4. The molecule has 158 valence electrons. The summed E-state index contributed by atoms with van der Waals surface area (Å²) in [6.07, 6.45) is -2.65. The maximum atomic E-state index is 12.6. The van der Waals surface area contributed by atoms with Crippen molar-refractivity contribution in [3.63, 3.8) is 0 Å². The molecule has 4 nitrogen and oxygen atoms in total. The van der Waals surface area contributed by atoms with Gasteiger partial charge in [-0.2, -0.15) is 0 Å². The van der Waals surface area contributed by atoms with Crippen LogP contribution >= 0.6 is 6.42 Å². The number of hydrogen-bond donors (Lipinski definition) is 1. The van der Waals surface area contributed by atoms with Gasteiger partial charge >= 0.3 is 5.97 Å². The van der Waals surface area contributed by atoms with Gasteiger partial charge in [0.15, 0.2) is 6.42 Å². The Balaban J connectivity index is 1.78. The number of carbonyl (C=O) groups is 1. The Morgan fingerprint density at radius 3 is 2.33 bits per heavy atom. The van der Waals surface area contributed by atoms with Gasteiger partial charge in [-0.25, -0.2) is 5.09 Å². The second-order valence-corrected chi connectivity index (χ2v) is 12.7. The molecule has 0 aliphatic carbocycles. The van der Waals surface area contributed by atoms with Crippen LogP contribution in [-0.2, 0) is 27.9 Å². The first-order chi connectivity index (χ1) is 14.2. The van der Waals surface area contributed by atoms with E-state index < -0.39 is 12.5 Å². The van der Waals surface area contributed by atoms with Gasteiger partial charge in [0.25, 0.3) is 0 Å². The van der Waals surface area contributed by atoms with Crippen molar-refractivity contribution in [3.05, 3.63) is 78.4 Å². The number of esters is 1. The highest BCUT2D eigenvalue weighted by molar-refractivity contribution is 8.12. The van der Waals surface area contributed by atoms with Crippen molar-refractivity contribution < 1.29 is 14.1 Å². The summed E-state index contributed by atoms with van der Waals surface area (Å²) in [7, 11) is 0. The lowest BCUT2D eigenvalue weighted by Gasteiger charge is -2.37. The van der Waals surface area contributed by atoms with Crippen molar-refractivity contribution in [3.8, 4) is 5.75 Å². The maximum absolute atomic E-state index is 12.6. The van der Waals surface area contributed by atoms with Crippen LogP contribution in [0.2, 0.25) is 0 Å². The summed E-state index contributed by atoms with van der Waals surface area (Å²) >= 11 is 6.03. The van der Waals surface area contributed by atoms with E-state index in [9.17, 15) is 4.79 Å². The average molecular weight is 442 g/mol. The van der Waals surface area contributed by atoms with Crippen LogP contribution in [0, 0.1) is 0 Å². The predicted octanol–water partition coefficient (Wildman–Crippen LogP) is 6.05. The average Bonchev–Trinajstić information content (AvgIpc) is 2.72. The molecule has 3 rings (SSSR count). The van der Waals surface area contributed by atoms with Crippen molar-refractivity contribution in [1.29, 1.82) is 0 Å². The first kappa shape index (κ1) is 22.5. The van der Waals surface area contributed by atoms with Gasteiger partial charge < -0.3 is 9.26 Å². The second kappa shape index (κ2) is 9.30. The lowest BCUT2D eigenvalue weighted by molar-refractivity contribution is -0.146. The fourth-order valence-corrected chi connectivity index (χ4v) is 5.41. The number of fused-ring (bicyclic) bond motifs is 1.